The maximum Gasteiger partial charge on any atom is 0.139 e. The highest BCUT2D eigenvalue weighted by molar-refractivity contribution is 9.10. The maximum atomic E-state index is 5.97. The van der Waals surface area contributed by atoms with Crippen molar-refractivity contribution in [1.82, 2.24) is 15.3 Å². The van der Waals surface area contributed by atoms with Crippen LogP contribution in [0, 0.1) is 0 Å². The maximum absolute atomic E-state index is 5.97. The molecule has 2 aromatic heterocycles. The summed E-state index contributed by atoms with van der Waals surface area (Å²) in [5, 5.41) is 5.17. The van der Waals surface area contributed by atoms with Crippen molar-refractivity contribution < 1.29 is 0 Å². The molecular weight excluding hydrogens is 374 g/mol. The molecule has 0 atom stereocenters. The summed E-state index contributed by atoms with van der Waals surface area (Å²) in [6.07, 6.45) is 2.32. The lowest BCUT2D eigenvalue weighted by Crippen LogP contribution is -2.12. The number of nitrogens with zero attached hydrogens (tertiary/aromatic N) is 1. The first kappa shape index (κ1) is 14.8. The lowest BCUT2D eigenvalue weighted by Gasteiger charge is -2.10. The van der Waals surface area contributed by atoms with E-state index in [1.54, 1.807) is 0 Å². The molecule has 1 aromatic carbocycles. The Hall–Kier alpha value is -1.78. The SMILES string of the molecule is Clc1ccc2cc(C(NCc3ccc(Br)cc3)=C3CC3)[nH]c2n1. The Kier molecular flexibility index (Phi) is 3.87. The molecule has 0 spiro atoms. The van der Waals surface area contributed by atoms with Gasteiger partial charge >= 0.3 is 0 Å². The minimum Gasteiger partial charge on any atom is -0.379 e. The van der Waals surface area contributed by atoms with Crippen LogP contribution in [-0.4, -0.2) is 9.97 Å². The molecule has 0 radical (unpaired) electrons. The van der Waals surface area contributed by atoms with Crippen LogP contribution in [0.3, 0.4) is 0 Å². The van der Waals surface area contributed by atoms with Gasteiger partial charge in [-0.3, -0.25) is 0 Å². The van der Waals surface area contributed by atoms with Crippen LogP contribution in [0.2, 0.25) is 5.15 Å². The minimum atomic E-state index is 0.509. The second-order valence-corrected chi connectivity index (χ2v) is 7.02. The third-order valence-electron chi connectivity index (χ3n) is 3.95. The van der Waals surface area contributed by atoms with Crippen LogP contribution < -0.4 is 5.32 Å². The molecule has 1 saturated carbocycles. The molecule has 1 aliphatic rings. The number of aromatic amines is 1. The van der Waals surface area contributed by atoms with Crippen LogP contribution in [0.1, 0.15) is 24.1 Å². The lowest BCUT2D eigenvalue weighted by atomic mass is 10.2. The molecule has 0 amide bonds. The molecule has 3 aromatic rings. The van der Waals surface area contributed by atoms with Gasteiger partial charge in [-0.15, -0.1) is 0 Å². The number of hydrogen-bond donors (Lipinski definition) is 2. The number of nitrogens with one attached hydrogen (secondary N) is 2. The van der Waals surface area contributed by atoms with Crippen LogP contribution in [0.25, 0.3) is 16.7 Å². The van der Waals surface area contributed by atoms with Crippen molar-refractivity contribution in [3.8, 4) is 0 Å². The van der Waals surface area contributed by atoms with Gasteiger partial charge in [-0.05, 0) is 54.3 Å². The number of benzene rings is 1. The number of fused-ring (bicyclic) bond motifs is 1. The van der Waals surface area contributed by atoms with Gasteiger partial charge in [0.1, 0.15) is 10.8 Å². The van der Waals surface area contributed by atoms with Gasteiger partial charge in [0.25, 0.3) is 0 Å². The number of rotatable bonds is 4. The Morgan fingerprint density at radius 3 is 2.70 bits per heavy atom. The monoisotopic (exact) mass is 387 g/mol. The van der Waals surface area contributed by atoms with E-state index in [9.17, 15) is 0 Å². The van der Waals surface area contributed by atoms with Gasteiger partial charge in [0.05, 0.1) is 11.4 Å². The largest absolute Gasteiger partial charge is 0.379 e. The van der Waals surface area contributed by atoms with Crippen molar-refractivity contribution in [2.45, 2.75) is 19.4 Å². The zero-order valence-electron chi connectivity index (χ0n) is 12.4. The molecule has 1 fully saturated rings. The molecule has 3 nitrogen and oxygen atoms in total. The zero-order chi connectivity index (χ0) is 15.8. The molecule has 2 N–H and O–H groups in total. The second kappa shape index (κ2) is 6.02. The van der Waals surface area contributed by atoms with Crippen molar-refractivity contribution in [1.29, 1.82) is 0 Å². The summed E-state index contributed by atoms with van der Waals surface area (Å²) in [6.45, 7) is 0.801. The second-order valence-electron chi connectivity index (χ2n) is 5.71. The van der Waals surface area contributed by atoms with E-state index >= 15 is 0 Å². The minimum absolute atomic E-state index is 0.509. The fourth-order valence-electron chi connectivity index (χ4n) is 2.63. The molecule has 23 heavy (non-hydrogen) atoms. The summed E-state index contributed by atoms with van der Waals surface area (Å²) >= 11 is 9.44. The molecule has 0 unspecified atom stereocenters. The third kappa shape index (κ3) is 3.28. The van der Waals surface area contributed by atoms with E-state index in [0.29, 0.717) is 5.15 Å². The number of H-pyrrole nitrogens is 1. The van der Waals surface area contributed by atoms with E-state index in [0.717, 1.165) is 40.6 Å². The first-order chi connectivity index (χ1) is 11.2. The number of halogens is 2. The Labute approximate surface area is 147 Å². The van der Waals surface area contributed by atoms with Gasteiger partial charge in [0.2, 0.25) is 0 Å². The molecule has 1 aliphatic carbocycles. The molecule has 4 rings (SSSR count). The summed E-state index contributed by atoms with van der Waals surface area (Å²) in [7, 11) is 0. The molecule has 5 heteroatoms. The molecule has 116 valence electrons. The highest BCUT2D eigenvalue weighted by Gasteiger charge is 2.20. The Bertz CT molecular complexity index is 890. The number of hydrogen-bond acceptors (Lipinski definition) is 2. The number of aromatic nitrogens is 2. The summed E-state index contributed by atoms with van der Waals surface area (Å²) in [4.78, 5) is 7.72. The smallest absolute Gasteiger partial charge is 0.139 e. The van der Waals surface area contributed by atoms with Crippen LogP contribution in [0.4, 0.5) is 0 Å². The lowest BCUT2D eigenvalue weighted by molar-refractivity contribution is 0.882. The molecular formula is C18H15BrClN3. The van der Waals surface area contributed by atoms with E-state index in [1.165, 1.54) is 16.8 Å². The van der Waals surface area contributed by atoms with Gasteiger partial charge in [-0.1, -0.05) is 39.7 Å². The van der Waals surface area contributed by atoms with Crippen LogP contribution in [-0.2, 0) is 6.54 Å². The Morgan fingerprint density at radius 2 is 1.96 bits per heavy atom. The van der Waals surface area contributed by atoms with Crippen molar-refractivity contribution >= 4 is 44.3 Å². The fourth-order valence-corrected chi connectivity index (χ4v) is 3.04. The first-order valence-corrected chi connectivity index (χ1v) is 8.72. The highest BCUT2D eigenvalue weighted by Crippen LogP contribution is 2.35. The summed E-state index contributed by atoms with van der Waals surface area (Å²) in [5.41, 5.74) is 5.82. The molecule has 0 aliphatic heterocycles. The first-order valence-electron chi connectivity index (χ1n) is 7.55. The van der Waals surface area contributed by atoms with Crippen molar-refractivity contribution in [2.75, 3.05) is 0 Å². The average molecular weight is 389 g/mol. The predicted molar refractivity (Wildman–Crippen MR) is 98.2 cm³/mol. The zero-order valence-corrected chi connectivity index (χ0v) is 14.7. The highest BCUT2D eigenvalue weighted by atomic mass is 79.9. The van der Waals surface area contributed by atoms with Crippen LogP contribution in [0.15, 0.2) is 52.5 Å². The van der Waals surface area contributed by atoms with Gasteiger partial charge in [-0.2, -0.15) is 0 Å². The van der Waals surface area contributed by atoms with Crippen LogP contribution in [0.5, 0.6) is 0 Å². The van der Waals surface area contributed by atoms with E-state index in [4.69, 9.17) is 11.6 Å². The van der Waals surface area contributed by atoms with Gasteiger partial charge in [-0.25, -0.2) is 4.98 Å². The van der Waals surface area contributed by atoms with E-state index in [1.807, 2.05) is 12.1 Å². The van der Waals surface area contributed by atoms with Gasteiger partial charge in [0.15, 0.2) is 0 Å². The molecule has 2 heterocycles. The molecule has 0 saturated heterocycles. The number of allylic oxidation sites excluding steroid dienone is 1. The summed E-state index contributed by atoms with van der Waals surface area (Å²) in [5.74, 6) is 0. The topological polar surface area (TPSA) is 40.7 Å². The van der Waals surface area contributed by atoms with Crippen LogP contribution >= 0.6 is 27.5 Å². The van der Waals surface area contributed by atoms with Gasteiger partial charge < -0.3 is 10.3 Å². The molecule has 0 bridgehead atoms. The third-order valence-corrected chi connectivity index (χ3v) is 4.69. The van der Waals surface area contributed by atoms with Gasteiger partial charge in [0, 0.05) is 16.4 Å². The Morgan fingerprint density at radius 1 is 1.17 bits per heavy atom. The van der Waals surface area contributed by atoms with E-state index < -0.39 is 0 Å². The standard InChI is InChI=1S/C18H15BrClN3/c19-14-6-1-11(2-7-14)10-21-17(12-3-4-12)15-9-13-5-8-16(20)23-18(13)22-15/h1-2,5-9,21H,3-4,10H2,(H,22,23). The van der Waals surface area contributed by atoms with Crippen molar-refractivity contribution in [2.24, 2.45) is 0 Å². The number of pyridine rings is 1. The summed E-state index contributed by atoms with van der Waals surface area (Å²) < 4.78 is 1.10. The van der Waals surface area contributed by atoms with Crippen molar-refractivity contribution in [3.63, 3.8) is 0 Å². The van der Waals surface area contributed by atoms with E-state index in [-0.39, 0.29) is 0 Å². The van der Waals surface area contributed by atoms with E-state index in [2.05, 4.69) is 61.5 Å². The van der Waals surface area contributed by atoms with Crippen molar-refractivity contribution in [3.05, 3.63) is 68.9 Å². The fraction of sp³-hybridized carbons (Fsp3) is 0.167. The Balaban J connectivity index is 1.60. The predicted octanol–water partition coefficient (Wildman–Crippen LogP) is 5.27. The quantitative estimate of drug-likeness (QED) is 0.597. The summed E-state index contributed by atoms with van der Waals surface area (Å²) in [6, 6.07) is 14.3. The average Bonchev–Trinajstić information content (AvgIpc) is 3.29. The normalized spacial score (nSPS) is 13.4.